The van der Waals surface area contributed by atoms with Gasteiger partial charge in [0, 0.05) is 38.1 Å². The Morgan fingerprint density at radius 3 is 1.12 bits per heavy atom. The van der Waals surface area contributed by atoms with E-state index in [2.05, 4.69) is 60.7 Å². The lowest BCUT2D eigenvalue weighted by molar-refractivity contribution is 0.448. The summed E-state index contributed by atoms with van der Waals surface area (Å²) < 4.78 is 39.6. The van der Waals surface area contributed by atoms with E-state index in [-0.39, 0.29) is 5.41 Å². The third kappa shape index (κ3) is 4.70. The molecule has 0 fully saturated rings. The van der Waals surface area contributed by atoms with E-state index < -0.39 is 16.5 Å². The van der Waals surface area contributed by atoms with E-state index in [0.29, 0.717) is 0 Å². The van der Waals surface area contributed by atoms with E-state index in [4.69, 9.17) is 25.8 Å². The first kappa shape index (κ1) is 28.7. The Balaban J connectivity index is 1.12. The second kappa shape index (κ2) is 11.4. The summed E-state index contributed by atoms with van der Waals surface area (Å²) in [6.07, 6.45) is 3.78. The van der Waals surface area contributed by atoms with Crippen molar-refractivity contribution < 1.29 is 25.8 Å². The van der Waals surface area contributed by atoms with Crippen molar-refractivity contribution in [3.63, 3.8) is 0 Å². The number of aryl methyl sites for hydroxylation is 2. The second-order valence-electron chi connectivity index (χ2n) is 12.6. The van der Waals surface area contributed by atoms with E-state index in [0.717, 1.165) is 81.1 Å². The zero-order chi connectivity index (χ0) is 32.4. The van der Waals surface area contributed by atoms with Crippen LogP contribution in [0.25, 0.3) is 43.9 Å². The van der Waals surface area contributed by atoms with E-state index in [9.17, 15) is 0 Å². The minimum Gasteiger partial charge on any atom is -0.390 e. The number of para-hydroxylation sites is 4. The molecule has 6 nitrogen and oxygen atoms in total. The van der Waals surface area contributed by atoms with Crippen LogP contribution < -0.4 is 9.05 Å². The molecule has 1 spiro atoms. The molecule has 2 aliphatic carbocycles. The second-order valence-corrected chi connectivity index (χ2v) is 14.6. The lowest BCUT2D eigenvalue weighted by atomic mass is 9.76. The fourth-order valence-corrected chi connectivity index (χ4v) is 10.1. The molecule has 8 aromatic rings. The van der Waals surface area contributed by atoms with Crippen LogP contribution >= 0.6 is 16.5 Å². The zero-order valence-corrected chi connectivity index (χ0v) is 28.2. The number of fused-ring (bicyclic) bond motifs is 10. The van der Waals surface area contributed by atoms with Crippen molar-refractivity contribution in [2.45, 2.75) is 31.1 Å². The van der Waals surface area contributed by atoms with Crippen molar-refractivity contribution in [2.75, 3.05) is 0 Å². The molecule has 0 N–H and O–H groups in total. The Bertz CT molecular complexity index is 2360. The maximum Gasteiger partial charge on any atom is 0.453 e. The highest BCUT2D eigenvalue weighted by Crippen LogP contribution is 2.59. The van der Waals surface area contributed by atoms with E-state index >= 15 is 0 Å². The largest absolute Gasteiger partial charge is 0.453 e. The van der Waals surface area contributed by atoms with Gasteiger partial charge in [-0.05, 0) is 73.2 Å². The summed E-state index contributed by atoms with van der Waals surface area (Å²) in [4.78, 5) is 0. The molecule has 2 aliphatic rings. The van der Waals surface area contributed by atoms with Crippen molar-refractivity contribution in [2.24, 2.45) is 0 Å². The van der Waals surface area contributed by atoms with Crippen LogP contribution in [-0.4, -0.2) is 0 Å². The molecular weight excluding hydrogens is 650 g/mol. The van der Waals surface area contributed by atoms with Crippen LogP contribution in [0.1, 0.15) is 35.1 Å². The fraction of sp³-hybridized carbons (Fsp3) is 0.122. The standard InChI is InChI=1S/C41H30O6P2/c1-5-17-33-29(13-1)30-14-2-6-18-34(30)43-48(42-33)46-37-21-9-11-27-23-25-41(39(27)37)26-24-28-12-10-22-38(40(28)41)47-49-44-35-19-7-3-15-31(35)32-16-4-8-20-36(32)45-49/h1-22H,23-26H2. The van der Waals surface area contributed by atoms with Gasteiger partial charge in [-0.1, -0.05) is 97.1 Å². The van der Waals surface area contributed by atoms with Gasteiger partial charge in [-0.15, -0.1) is 0 Å². The Kier molecular flexibility index (Phi) is 6.69. The summed E-state index contributed by atoms with van der Waals surface area (Å²) in [6.45, 7) is 0. The first-order chi connectivity index (χ1) is 24.2. The van der Waals surface area contributed by atoms with Crippen LogP contribution in [0.3, 0.4) is 0 Å². The van der Waals surface area contributed by atoms with Crippen LogP contribution in [0.15, 0.2) is 150 Å². The molecule has 0 saturated heterocycles. The van der Waals surface area contributed by atoms with Gasteiger partial charge in [0.05, 0.1) is 0 Å². The van der Waals surface area contributed by atoms with E-state index in [1.54, 1.807) is 0 Å². The van der Waals surface area contributed by atoms with Crippen molar-refractivity contribution >= 4 is 60.4 Å². The molecule has 0 atom stereocenters. The number of benzene rings is 6. The average molecular weight is 681 g/mol. The van der Waals surface area contributed by atoms with Gasteiger partial charge < -0.3 is 25.8 Å². The van der Waals surface area contributed by atoms with Crippen molar-refractivity contribution in [3.8, 4) is 11.5 Å². The lowest BCUT2D eigenvalue weighted by Gasteiger charge is -2.29. The Morgan fingerprint density at radius 2 is 0.755 bits per heavy atom. The van der Waals surface area contributed by atoms with Crippen molar-refractivity contribution in [1.82, 2.24) is 0 Å². The molecule has 8 heteroatoms. The smallest absolute Gasteiger partial charge is 0.390 e. The maximum absolute atomic E-state index is 6.81. The molecule has 0 saturated carbocycles. The third-order valence-electron chi connectivity index (χ3n) is 9.99. The Morgan fingerprint density at radius 1 is 0.408 bits per heavy atom. The van der Waals surface area contributed by atoms with Crippen molar-refractivity contribution in [1.29, 1.82) is 0 Å². The number of hydrogen-bond acceptors (Lipinski definition) is 6. The van der Waals surface area contributed by atoms with Gasteiger partial charge in [-0.25, -0.2) is 0 Å². The van der Waals surface area contributed by atoms with Gasteiger partial charge in [0.25, 0.3) is 0 Å². The van der Waals surface area contributed by atoms with Crippen LogP contribution in [0.4, 0.5) is 0 Å². The van der Waals surface area contributed by atoms with Crippen LogP contribution in [0, 0.1) is 0 Å². The average Bonchev–Trinajstić information content (AvgIpc) is 3.60. The van der Waals surface area contributed by atoms with Gasteiger partial charge in [0.1, 0.15) is 33.8 Å². The highest BCUT2D eigenvalue weighted by molar-refractivity contribution is 7.32. The maximum atomic E-state index is 6.81. The SMILES string of the molecule is c1cc2c(c(Op3oc4ccccc4c4ccccc4o3)c1)C1(CC2)CCc2cccc(Op3oc4ccccc4c4ccccc4o3)c21. The van der Waals surface area contributed by atoms with Gasteiger partial charge in [0.2, 0.25) is 0 Å². The molecule has 49 heavy (non-hydrogen) atoms. The summed E-state index contributed by atoms with van der Waals surface area (Å²) in [5.41, 5.74) is 7.63. The minimum atomic E-state index is -1.79. The highest BCUT2D eigenvalue weighted by atomic mass is 31.1. The van der Waals surface area contributed by atoms with Crippen LogP contribution in [0.5, 0.6) is 11.5 Å². The number of rotatable bonds is 4. The molecule has 2 aromatic heterocycles. The molecule has 6 aromatic carbocycles. The highest BCUT2D eigenvalue weighted by Gasteiger charge is 2.49. The summed E-state index contributed by atoms with van der Waals surface area (Å²) in [5.74, 6) is 1.58. The minimum absolute atomic E-state index is 0.300. The summed E-state index contributed by atoms with van der Waals surface area (Å²) >= 11 is 0. The molecule has 10 rings (SSSR count). The molecule has 0 unspecified atom stereocenters. The zero-order valence-electron chi connectivity index (χ0n) is 26.4. The Labute approximate surface area is 283 Å². The molecule has 240 valence electrons. The van der Waals surface area contributed by atoms with Gasteiger partial charge in [0.15, 0.2) is 0 Å². The van der Waals surface area contributed by atoms with Gasteiger partial charge in [-0.2, -0.15) is 0 Å². The third-order valence-corrected chi connectivity index (χ3v) is 12.1. The Hall–Kier alpha value is -5.28. The van der Waals surface area contributed by atoms with Crippen molar-refractivity contribution in [3.05, 3.63) is 156 Å². The van der Waals surface area contributed by atoms with Crippen LogP contribution in [0.2, 0.25) is 0 Å². The first-order valence-electron chi connectivity index (χ1n) is 16.5. The summed E-state index contributed by atoms with van der Waals surface area (Å²) in [6, 6.07) is 44.8. The molecule has 0 amide bonds. The summed E-state index contributed by atoms with van der Waals surface area (Å²) in [5, 5.41) is 3.96. The molecule has 2 heterocycles. The molecular formula is C41H30O6P2. The number of hydrogen-bond donors (Lipinski definition) is 0. The van der Waals surface area contributed by atoms with E-state index in [1.807, 2.05) is 72.8 Å². The molecule has 0 aliphatic heterocycles. The normalized spacial score (nSPS) is 14.4. The predicted molar refractivity (Wildman–Crippen MR) is 195 cm³/mol. The predicted octanol–water partition coefficient (Wildman–Crippen LogP) is 12.8. The topological polar surface area (TPSA) is 71.0 Å². The lowest BCUT2D eigenvalue weighted by Crippen LogP contribution is -2.22. The van der Waals surface area contributed by atoms with Gasteiger partial charge >= 0.3 is 16.5 Å². The fourth-order valence-electron chi connectivity index (χ4n) is 7.92. The first-order valence-corrected chi connectivity index (χ1v) is 18.7. The van der Waals surface area contributed by atoms with E-state index in [1.165, 1.54) is 22.3 Å². The van der Waals surface area contributed by atoms with Gasteiger partial charge in [-0.3, -0.25) is 0 Å². The molecule has 0 radical (unpaired) electrons. The monoisotopic (exact) mass is 680 g/mol. The van der Waals surface area contributed by atoms with Crippen LogP contribution in [-0.2, 0) is 18.3 Å². The molecule has 0 bridgehead atoms. The summed E-state index contributed by atoms with van der Waals surface area (Å²) in [7, 11) is -3.59. The quantitative estimate of drug-likeness (QED) is 0.184.